The first-order valence-electron chi connectivity index (χ1n) is 10.4. The number of nitrogens with zero attached hydrogens (tertiary/aromatic N) is 4. The zero-order valence-electron chi connectivity index (χ0n) is 17.2. The summed E-state index contributed by atoms with van der Waals surface area (Å²) in [5, 5.41) is 0. The van der Waals surface area contributed by atoms with Gasteiger partial charge in [0.25, 0.3) is 0 Å². The van der Waals surface area contributed by atoms with E-state index >= 15 is 0 Å². The molecule has 6 heteroatoms. The van der Waals surface area contributed by atoms with Gasteiger partial charge < -0.3 is 9.80 Å². The zero-order chi connectivity index (χ0) is 20.4. The number of aryl methyl sites for hydroxylation is 1. The fraction of sp³-hybridized carbons (Fsp3) is 0.478. The SMILES string of the molecule is CC(=O)N1CCC[C@H](c2ncc3c(n2)CCN(C(=O)Cc2cccc(C)c2)C3)C1. The topological polar surface area (TPSA) is 66.4 Å². The van der Waals surface area contributed by atoms with Gasteiger partial charge in [-0.25, -0.2) is 9.97 Å². The van der Waals surface area contributed by atoms with Gasteiger partial charge in [-0.15, -0.1) is 0 Å². The molecule has 6 nitrogen and oxygen atoms in total. The van der Waals surface area contributed by atoms with Crippen molar-refractivity contribution in [1.82, 2.24) is 19.8 Å². The molecule has 3 heterocycles. The number of fused-ring (bicyclic) bond motifs is 1. The summed E-state index contributed by atoms with van der Waals surface area (Å²) >= 11 is 0. The van der Waals surface area contributed by atoms with Gasteiger partial charge in [0.2, 0.25) is 11.8 Å². The number of hydrogen-bond donors (Lipinski definition) is 0. The molecule has 1 saturated heterocycles. The molecule has 4 rings (SSSR count). The van der Waals surface area contributed by atoms with Crippen LogP contribution in [0.25, 0.3) is 0 Å². The Morgan fingerprint density at radius 1 is 1.21 bits per heavy atom. The largest absolute Gasteiger partial charge is 0.342 e. The van der Waals surface area contributed by atoms with E-state index in [1.807, 2.05) is 41.1 Å². The number of likely N-dealkylation sites (tertiary alicyclic amines) is 1. The summed E-state index contributed by atoms with van der Waals surface area (Å²) in [7, 11) is 0. The molecule has 0 saturated carbocycles. The molecular weight excluding hydrogens is 364 g/mol. The highest BCUT2D eigenvalue weighted by Gasteiger charge is 2.27. The lowest BCUT2D eigenvalue weighted by Gasteiger charge is -2.32. The quantitative estimate of drug-likeness (QED) is 0.805. The Morgan fingerprint density at radius 2 is 2.07 bits per heavy atom. The summed E-state index contributed by atoms with van der Waals surface area (Å²) in [6.45, 7) is 6.47. The highest BCUT2D eigenvalue weighted by molar-refractivity contribution is 5.79. The van der Waals surface area contributed by atoms with E-state index in [1.165, 1.54) is 5.56 Å². The van der Waals surface area contributed by atoms with Crippen LogP contribution < -0.4 is 0 Å². The maximum atomic E-state index is 12.8. The molecule has 1 fully saturated rings. The first-order valence-corrected chi connectivity index (χ1v) is 10.4. The van der Waals surface area contributed by atoms with Crippen molar-refractivity contribution in [2.75, 3.05) is 19.6 Å². The minimum absolute atomic E-state index is 0.121. The van der Waals surface area contributed by atoms with Gasteiger partial charge in [-0.1, -0.05) is 29.8 Å². The number of amides is 2. The first kappa shape index (κ1) is 19.6. The second-order valence-corrected chi connectivity index (χ2v) is 8.24. The molecule has 0 N–H and O–H groups in total. The Kier molecular flexibility index (Phi) is 5.60. The number of benzene rings is 1. The molecule has 29 heavy (non-hydrogen) atoms. The highest BCUT2D eigenvalue weighted by atomic mass is 16.2. The van der Waals surface area contributed by atoms with Gasteiger partial charge in [0.15, 0.2) is 0 Å². The van der Waals surface area contributed by atoms with Crippen molar-refractivity contribution in [2.45, 2.75) is 52.0 Å². The molecule has 152 valence electrons. The molecule has 0 spiro atoms. The number of aromatic nitrogens is 2. The lowest BCUT2D eigenvalue weighted by molar-refractivity contribution is -0.131. The molecule has 2 aliphatic heterocycles. The second kappa shape index (κ2) is 8.31. The van der Waals surface area contributed by atoms with Crippen molar-refractivity contribution in [2.24, 2.45) is 0 Å². The van der Waals surface area contributed by atoms with Crippen molar-refractivity contribution < 1.29 is 9.59 Å². The Morgan fingerprint density at radius 3 is 2.86 bits per heavy atom. The zero-order valence-corrected chi connectivity index (χ0v) is 17.2. The van der Waals surface area contributed by atoms with Crippen molar-refractivity contribution in [3.8, 4) is 0 Å². The molecule has 0 radical (unpaired) electrons. The van der Waals surface area contributed by atoms with Crippen LogP contribution in [0.3, 0.4) is 0 Å². The van der Waals surface area contributed by atoms with Crippen molar-refractivity contribution in [3.63, 3.8) is 0 Å². The minimum Gasteiger partial charge on any atom is -0.342 e. The predicted molar refractivity (Wildman–Crippen MR) is 110 cm³/mol. The highest BCUT2D eigenvalue weighted by Crippen LogP contribution is 2.26. The fourth-order valence-electron chi connectivity index (χ4n) is 4.32. The fourth-order valence-corrected chi connectivity index (χ4v) is 4.32. The molecule has 2 aromatic rings. The van der Waals surface area contributed by atoms with Gasteiger partial charge >= 0.3 is 0 Å². The van der Waals surface area contributed by atoms with Gasteiger partial charge in [0, 0.05) is 57.2 Å². The lowest BCUT2D eigenvalue weighted by Crippen LogP contribution is -2.39. The summed E-state index contributed by atoms with van der Waals surface area (Å²) in [6, 6.07) is 8.12. The summed E-state index contributed by atoms with van der Waals surface area (Å²) < 4.78 is 0. The third-order valence-electron chi connectivity index (χ3n) is 5.97. The first-order chi connectivity index (χ1) is 14.0. The summed E-state index contributed by atoms with van der Waals surface area (Å²) in [5.74, 6) is 1.32. The van der Waals surface area contributed by atoms with Crippen molar-refractivity contribution in [1.29, 1.82) is 0 Å². The van der Waals surface area contributed by atoms with Crippen molar-refractivity contribution in [3.05, 3.63) is 58.7 Å². The van der Waals surface area contributed by atoms with E-state index in [-0.39, 0.29) is 17.7 Å². The predicted octanol–water partition coefficient (Wildman–Crippen LogP) is 2.64. The monoisotopic (exact) mass is 392 g/mol. The average Bonchev–Trinajstić information content (AvgIpc) is 2.73. The molecule has 0 bridgehead atoms. The molecular formula is C23H28N4O2. The van der Waals surface area contributed by atoms with Crippen LogP contribution in [0, 0.1) is 6.92 Å². The van der Waals surface area contributed by atoms with E-state index in [9.17, 15) is 9.59 Å². The maximum Gasteiger partial charge on any atom is 0.227 e. The standard InChI is InChI=1S/C23H28N4O2/c1-16-5-3-6-18(11-16)12-22(29)27-10-8-21-20(15-27)13-24-23(25-21)19-7-4-9-26(14-19)17(2)28/h3,5-6,11,13,19H,4,7-10,12,14-15H2,1-2H3/t19-/m0/s1. The Balaban J connectivity index is 1.43. The van der Waals surface area contributed by atoms with E-state index < -0.39 is 0 Å². The Bertz CT molecular complexity index is 927. The summed E-state index contributed by atoms with van der Waals surface area (Å²) in [5.41, 5.74) is 4.32. The van der Waals surface area contributed by atoms with E-state index in [1.54, 1.807) is 6.92 Å². The van der Waals surface area contributed by atoms with Gasteiger partial charge in [-0.05, 0) is 25.3 Å². The van der Waals surface area contributed by atoms with Crippen LogP contribution in [0.2, 0.25) is 0 Å². The van der Waals surface area contributed by atoms with Gasteiger partial charge in [-0.2, -0.15) is 0 Å². The van der Waals surface area contributed by atoms with Crippen LogP contribution in [0.1, 0.15) is 53.9 Å². The van der Waals surface area contributed by atoms with Crippen LogP contribution in [0.5, 0.6) is 0 Å². The van der Waals surface area contributed by atoms with Gasteiger partial charge in [0.05, 0.1) is 12.1 Å². The van der Waals surface area contributed by atoms with Crippen LogP contribution in [0.4, 0.5) is 0 Å². The third kappa shape index (κ3) is 4.47. The number of hydrogen-bond acceptors (Lipinski definition) is 4. The molecule has 2 aliphatic rings. The summed E-state index contributed by atoms with van der Waals surface area (Å²) in [6.07, 6.45) is 5.08. The van der Waals surface area contributed by atoms with E-state index in [4.69, 9.17) is 4.98 Å². The van der Waals surface area contributed by atoms with E-state index in [0.717, 1.165) is 48.5 Å². The van der Waals surface area contributed by atoms with Gasteiger partial charge in [0.1, 0.15) is 5.82 Å². The van der Waals surface area contributed by atoms with Crippen LogP contribution in [0.15, 0.2) is 30.5 Å². The summed E-state index contributed by atoms with van der Waals surface area (Å²) in [4.78, 5) is 37.7. The molecule has 0 aliphatic carbocycles. The third-order valence-corrected chi connectivity index (χ3v) is 5.97. The Hall–Kier alpha value is -2.76. The maximum absolute atomic E-state index is 12.8. The smallest absolute Gasteiger partial charge is 0.227 e. The molecule has 1 aromatic carbocycles. The van der Waals surface area contributed by atoms with Crippen LogP contribution in [-0.2, 0) is 29.0 Å². The number of piperidine rings is 1. The Labute approximate surface area is 172 Å². The van der Waals surface area contributed by atoms with E-state index in [2.05, 4.69) is 11.1 Å². The van der Waals surface area contributed by atoms with Crippen LogP contribution in [-0.4, -0.2) is 51.2 Å². The second-order valence-electron chi connectivity index (χ2n) is 8.24. The molecule has 1 aromatic heterocycles. The molecule has 0 unspecified atom stereocenters. The van der Waals surface area contributed by atoms with Crippen molar-refractivity contribution >= 4 is 11.8 Å². The minimum atomic E-state index is 0.121. The number of carbonyl (C=O) groups excluding carboxylic acids is 2. The number of rotatable bonds is 3. The molecule has 1 atom stereocenters. The normalized spacial score (nSPS) is 19.0. The average molecular weight is 393 g/mol. The van der Waals surface area contributed by atoms with Gasteiger partial charge in [-0.3, -0.25) is 9.59 Å². The molecule has 2 amide bonds. The number of carbonyl (C=O) groups is 2. The lowest BCUT2D eigenvalue weighted by atomic mass is 9.96. The van der Waals surface area contributed by atoms with E-state index in [0.29, 0.717) is 26.1 Å². The van der Waals surface area contributed by atoms with Crippen LogP contribution >= 0.6 is 0 Å².